The summed E-state index contributed by atoms with van der Waals surface area (Å²) in [5.41, 5.74) is 5.27. The third-order valence-electron chi connectivity index (χ3n) is 10.4. The summed E-state index contributed by atoms with van der Waals surface area (Å²) >= 11 is 0. The van der Waals surface area contributed by atoms with Crippen molar-refractivity contribution in [2.45, 2.75) is 31.0 Å². The molecule has 11 heteroatoms. The minimum absolute atomic E-state index is 0.0279. The second-order valence-corrected chi connectivity index (χ2v) is 13.2. The summed E-state index contributed by atoms with van der Waals surface area (Å²) in [6, 6.07) is 14.4. The van der Waals surface area contributed by atoms with Gasteiger partial charge in [0.25, 0.3) is 5.91 Å². The number of ether oxygens (including phenoxy) is 1. The number of amides is 1. The number of nitrogens with two attached hydrogens (primary N) is 1. The van der Waals surface area contributed by atoms with Crippen LogP contribution in [0.25, 0.3) is 27.7 Å². The molecule has 3 aliphatic carbocycles. The SMILES string of the molecule is CN(C)C1C(=O)C(C(N)=O)=C(O)[C@@]2(O)C(=O)C3=C(O)c4c(O)ccc(-c5ccc(CN6CCOCC6)c6ccccc56)c4C[C@H]3C[C@@H]12. The Labute approximate surface area is 271 Å². The van der Waals surface area contributed by atoms with E-state index in [0.717, 1.165) is 41.5 Å². The van der Waals surface area contributed by atoms with Gasteiger partial charge in [-0.05, 0) is 71.9 Å². The molecule has 2 fully saturated rings. The van der Waals surface area contributed by atoms with Crippen molar-refractivity contribution >= 4 is 34.0 Å². The van der Waals surface area contributed by atoms with Crippen molar-refractivity contribution < 1.29 is 39.5 Å². The number of rotatable bonds is 5. The number of aromatic hydroxyl groups is 1. The molecule has 0 radical (unpaired) electrons. The van der Waals surface area contributed by atoms with Crippen molar-refractivity contribution in [1.29, 1.82) is 0 Å². The predicted molar refractivity (Wildman–Crippen MR) is 173 cm³/mol. The van der Waals surface area contributed by atoms with Crippen molar-refractivity contribution in [3.8, 4) is 16.9 Å². The summed E-state index contributed by atoms with van der Waals surface area (Å²) in [5.74, 6) is -6.72. The second kappa shape index (κ2) is 11.3. The molecule has 4 aliphatic rings. The first-order chi connectivity index (χ1) is 22.4. The van der Waals surface area contributed by atoms with E-state index in [1.165, 1.54) is 16.5 Å². The van der Waals surface area contributed by atoms with E-state index in [-0.39, 0.29) is 29.7 Å². The molecule has 6 N–H and O–H groups in total. The van der Waals surface area contributed by atoms with Gasteiger partial charge in [0.1, 0.15) is 22.8 Å². The number of Topliss-reactive ketones (excluding diaryl/α,β-unsaturated/α-hetero) is 2. The van der Waals surface area contributed by atoms with Gasteiger partial charge in [0.2, 0.25) is 5.78 Å². The first kappa shape index (κ1) is 31.1. The van der Waals surface area contributed by atoms with Gasteiger partial charge in [0.05, 0.1) is 24.8 Å². The highest BCUT2D eigenvalue weighted by Crippen LogP contribution is 2.54. The lowest BCUT2D eigenvalue weighted by Crippen LogP contribution is -2.65. The Morgan fingerprint density at radius 3 is 2.36 bits per heavy atom. The Morgan fingerprint density at radius 1 is 1.00 bits per heavy atom. The summed E-state index contributed by atoms with van der Waals surface area (Å²) < 4.78 is 5.52. The molecule has 1 saturated heterocycles. The largest absolute Gasteiger partial charge is 0.508 e. The van der Waals surface area contributed by atoms with E-state index >= 15 is 0 Å². The molecule has 3 aromatic rings. The minimum Gasteiger partial charge on any atom is -0.508 e. The zero-order valence-corrected chi connectivity index (χ0v) is 26.2. The van der Waals surface area contributed by atoms with E-state index < -0.39 is 58.0 Å². The molecular formula is C36H37N3O8. The van der Waals surface area contributed by atoms with Crippen molar-refractivity contribution in [3.05, 3.63) is 82.1 Å². The Hall–Kier alpha value is -4.55. The number of primary amides is 1. The lowest BCUT2D eigenvalue weighted by atomic mass is 9.57. The van der Waals surface area contributed by atoms with Crippen LogP contribution in [0.15, 0.2) is 65.4 Å². The standard InChI is InChI=1S/C36H37N3O8/c1-38(2)30-25-16-19-15-24-23(22-8-7-18(17-39-11-13-47-14-12-39)20-5-3-4-6-21(20)22)9-10-26(40)28(24)31(41)27(19)33(43)36(25,46)34(44)29(32(30)42)35(37)45/h3-10,19,25,30,40-41,44,46H,11-17H2,1-2H3,(H2,37,45)/t19-,25-,30?,36-/m0/s1. The van der Waals surface area contributed by atoms with E-state index in [9.17, 15) is 34.8 Å². The van der Waals surface area contributed by atoms with Crippen LogP contribution in [0.1, 0.15) is 23.1 Å². The number of phenols is 1. The topological polar surface area (TPSA) is 174 Å². The molecule has 0 bridgehead atoms. The van der Waals surface area contributed by atoms with Crippen molar-refractivity contribution in [2.75, 3.05) is 40.4 Å². The van der Waals surface area contributed by atoms with Crippen LogP contribution in [0.3, 0.4) is 0 Å². The van der Waals surface area contributed by atoms with Crippen LogP contribution < -0.4 is 5.73 Å². The number of nitrogens with zero attached hydrogens (tertiary/aromatic N) is 2. The third-order valence-corrected chi connectivity index (χ3v) is 10.4. The van der Waals surface area contributed by atoms with E-state index in [4.69, 9.17) is 10.5 Å². The lowest BCUT2D eigenvalue weighted by molar-refractivity contribution is -0.153. The number of benzene rings is 3. The molecule has 1 heterocycles. The Kier molecular flexibility index (Phi) is 7.47. The Morgan fingerprint density at radius 2 is 1.68 bits per heavy atom. The van der Waals surface area contributed by atoms with Crippen LogP contribution in [-0.4, -0.2) is 99.7 Å². The van der Waals surface area contributed by atoms with Gasteiger partial charge in [-0.3, -0.25) is 24.2 Å². The van der Waals surface area contributed by atoms with Crippen molar-refractivity contribution in [2.24, 2.45) is 17.6 Å². The molecule has 0 spiro atoms. The van der Waals surface area contributed by atoms with Gasteiger partial charge in [-0.15, -0.1) is 0 Å². The van der Waals surface area contributed by atoms with E-state index in [0.29, 0.717) is 18.8 Å². The van der Waals surface area contributed by atoms with E-state index in [2.05, 4.69) is 17.0 Å². The first-order valence-electron chi connectivity index (χ1n) is 15.8. The fraction of sp³-hybridized carbons (Fsp3) is 0.361. The summed E-state index contributed by atoms with van der Waals surface area (Å²) in [4.78, 5) is 43.7. The predicted octanol–water partition coefficient (Wildman–Crippen LogP) is 2.62. The van der Waals surface area contributed by atoms with Crippen LogP contribution in [0, 0.1) is 11.8 Å². The maximum absolute atomic E-state index is 14.2. The summed E-state index contributed by atoms with van der Waals surface area (Å²) in [6.45, 7) is 3.86. The number of hydrogen-bond acceptors (Lipinski definition) is 10. The smallest absolute Gasteiger partial charge is 0.255 e. The average Bonchev–Trinajstić information content (AvgIpc) is 3.03. The molecule has 1 saturated carbocycles. The third kappa shape index (κ3) is 4.60. The summed E-state index contributed by atoms with van der Waals surface area (Å²) in [6.07, 6.45) is 0.238. The van der Waals surface area contributed by atoms with Crippen molar-refractivity contribution in [3.63, 3.8) is 0 Å². The van der Waals surface area contributed by atoms with Crippen LogP contribution in [-0.2, 0) is 32.1 Å². The second-order valence-electron chi connectivity index (χ2n) is 13.2. The zero-order chi connectivity index (χ0) is 33.4. The van der Waals surface area contributed by atoms with Crippen molar-refractivity contribution in [1.82, 2.24) is 9.80 Å². The number of hydrogen-bond donors (Lipinski definition) is 5. The summed E-state index contributed by atoms with van der Waals surface area (Å²) in [5, 5.41) is 47.8. The van der Waals surface area contributed by atoms with Crippen LogP contribution in [0.2, 0.25) is 0 Å². The van der Waals surface area contributed by atoms with Gasteiger partial charge < -0.3 is 30.9 Å². The number of carbonyl (C=O) groups excluding carboxylic acids is 3. The molecule has 11 nitrogen and oxygen atoms in total. The molecule has 1 unspecified atom stereocenters. The quantitative estimate of drug-likeness (QED) is 0.261. The van der Waals surface area contributed by atoms with E-state index in [1.54, 1.807) is 20.2 Å². The number of aliphatic hydroxyl groups excluding tert-OH is 2. The molecule has 4 atom stereocenters. The molecule has 1 amide bonds. The molecule has 47 heavy (non-hydrogen) atoms. The van der Waals surface area contributed by atoms with Gasteiger partial charge in [-0.25, -0.2) is 0 Å². The molecule has 0 aromatic heterocycles. The van der Waals surface area contributed by atoms with Gasteiger partial charge >= 0.3 is 0 Å². The fourth-order valence-electron chi connectivity index (χ4n) is 8.23. The molecule has 1 aliphatic heterocycles. The Bertz CT molecular complexity index is 1920. The maximum Gasteiger partial charge on any atom is 0.255 e. The van der Waals surface area contributed by atoms with Crippen LogP contribution in [0.4, 0.5) is 0 Å². The minimum atomic E-state index is -2.68. The van der Waals surface area contributed by atoms with Gasteiger partial charge in [0.15, 0.2) is 11.4 Å². The highest BCUT2D eigenvalue weighted by molar-refractivity contribution is 6.24. The number of fused-ring (bicyclic) bond motifs is 4. The zero-order valence-electron chi connectivity index (χ0n) is 26.2. The van der Waals surface area contributed by atoms with Crippen LogP contribution >= 0.6 is 0 Å². The number of ketones is 2. The molecule has 244 valence electrons. The maximum atomic E-state index is 14.2. The number of carbonyl (C=O) groups is 3. The number of likely N-dealkylation sites (N-methyl/N-ethyl adjacent to an activating group) is 1. The van der Waals surface area contributed by atoms with Gasteiger partial charge in [-0.1, -0.05) is 42.5 Å². The first-order valence-corrected chi connectivity index (χ1v) is 15.8. The average molecular weight is 640 g/mol. The van der Waals surface area contributed by atoms with Gasteiger partial charge in [0, 0.05) is 31.1 Å². The number of morpholine rings is 1. The monoisotopic (exact) mass is 639 g/mol. The fourth-order valence-corrected chi connectivity index (χ4v) is 8.23. The Balaban J connectivity index is 1.37. The highest BCUT2D eigenvalue weighted by Gasteiger charge is 2.64. The molecule has 3 aromatic carbocycles. The van der Waals surface area contributed by atoms with Gasteiger partial charge in [-0.2, -0.15) is 0 Å². The normalized spacial score (nSPS) is 26.4. The van der Waals surface area contributed by atoms with E-state index in [1.807, 2.05) is 24.3 Å². The molecular weight excluding hydrogens is 602 g/mol. The molecule has 7 rings (SSSR count). The lowest BCUT2D eigenvalue weighted by Gasteiger charge is -2.50. The number of aliphatic hydroxyl groups is 3. The number of phenolic OH excluding ortho intramolecular Hbond substituents is 1. The summed E-state index contributed by atoms with van der Waals surface area (Å²) in [7, 11) is 3.16. The van der Waals surface area contributed by atoms with Crippen LogP contribution in [0.5, 0.6) is 5.75 Å². The highest BCUT2D eigenvalue weighted by atomic mass is 16.5.